The van der Waals surface area contributed by atoms with Gasteiger partial charge in [-0.3, -0.25) is 14.9 Å². The molecule has 0 saturated carbocycles. The molecule has 0 saturated heterocycles. The first-order valence-corrected chi connectivity index (χ1v) is 9.10. The average molecular weight is 388 g/mol. The lowest BCUT2D eigenvalue weighted by molar-refractivity contribution is -0.385. The molecule has 2 N–H and O–H groups in total. The van der Waals surface area contributed by atoms with E-state index in [1.807, 2.05) is 31.2 Å². The maximum atomic E-state index is 12.5. The number of H-pyrrole nitrogens is 1. The number of amides is 1. The fraction of sp³-hybridized carbons (Fsp3) is 0.150. The van der Waals surface area contributed by atoms with Crippen molar-refractivity contribution in [2.24, 2.45) is 0 Å². The van der Waals surface area contributed by atoms with E-state index in [-0.39, 0.29) is 18.0 Å². The topological polar surface area (TPSA) is 119 Å². The van der Waals surface area contributed by atoms with Gasteiger partial charge in [0.15, 0.2) is 0 Å². The maximum absolute atomic E-state index is 12.5. The second-order valence-corrected chi connectivity index (χ2v) is 6.96. The van der Waals surface area contributed by atoms with Gasteiger partial charge in [0.25, 0.3) is 5.69 Å². The quantitative estimate of drug-likeness (QED) is 0.412. The van der Waals surface area contributed by atoms with Gasteiger partial charge in [-0.2, -0.15) is 9.78 Å². The zero-order chi connectivity index (χ0) is 20.1. The molecule has 4 aromatic rings. The normalized spacial score (nSPS) is 15.9. The van der Waals surface area contributed by atoms with E-state index in [0.717, 1.165) is 16.6 Å². The lowest BCUT2D eigenvalue weighted by atomic mass is 9.85. The molecule has 2 aromatic carbocycles. The van der Waals surface area contributed by atoms with Crippen LogP contribution in [0.25, 0.3) is 17.0 Å². The highest BCUT2D eigenvalue weighted by Crippen LogP contribution is 2.42. The van der Waals surface area contributed by atoms with Gasteiger partial charge < -0.3 is 10.3 Å². The van der Waals surface area contributed by atoms with Crippen molar-refractivity contribution in [2.45, 2.75) is 19.3 Å². The van der Waals surface area contributed by atoms with Gasteiger partial charge in [-0.15, -0.1) is 0 Å². The molecule has 1 aliphatic rings. The number of carbonyl (C=O) groups is 1. The highest BCUT2D eigenvalue weighted by molar-refractivity contribution is 5.95. The number of imidazole rings is 1. The zero-order valence-corrected chi connectivity index (χ0v) is 15.4. The summed E-state index contributed by atoms with van der Waals surface area (Å²) < 4.78 is 1.56. The molecule has 29 heavy (non-hydrogen) atoms. The van der Waals surface area contributed by atoms with Crippen molar-refractivity contribution in [3.8, 4) is 5.95 Å². The van der Waals surface area contributed by atoms with Gasteiger partial charge in [0, 0.05) is 29.5 Å². The fourth-order valence-electron chi connectivity index (χ4n) is 3.95. The summed E-state index contributed by atoms with van der Waals surface area (Å²) in [5, 5.41) is 19.0. The Hall–Kier alpha value is -4.01. The minimum Gasteiger partial charge on any atom is -0.322 e. The molecule has 5 rings (SSSR count). The van der Waals surface area contributed by atoms with Crippen LogP contribution in [0.1, 0.15) is 29.2 Å². The fourth-order valence-corrected chi connectivity index (χ4v) is 3.95. The number of aryl methyl sites for hydroxylation is 1. The molecule has 0 spiro atoms. The molecule has 0 radical (unpaired) electrons. The summed E-state index contributed by atoms with van der Waals surface area (Å²) in [6, 6.07) is 14.1. The molecule has 0 bridgehead atoms. The number of aromatic amines is 1. The first-order chi connectivity index (χ1) is 14.0. The van der Waals surface area contributed by atoms with Gasteiger partial charge >= 0.3 is 0 Å². The second kappa shape index (κ2) is 6.26. The molecule has 9 heteroatoms. The van der Waals surface area contributed by atoms with E-state index < -0.39 is 10.8 Å². The maximum Gasteiger partial charge on any atom is 0.273 e. The number of hydrogen-bond donors (Lipinski definition) is 2. The highest BCUT2D eigenvalue weighted by atomic mass is 16.6. The molecular formula is C20H16N6O3. The summed E-state index contributed by atoms with van der Waals surface area (Å²) in [7, 11) is 0. The number of anilines is 1. The SMILES string of the molecule is Cc1nn(-c2nc3ccccc3[nH]2)c2c1[C@@H](c1ccccc1[N+](=O)[O-])CC(=O)N2. The van der Waals surface area contributed by atoms with Gasteiger partial charge in [0.2, 0.25) is 11.9 Å². The Kier molecular flexibility index (Phi) is 3.70. The lowest BCUT2D eigenvalue weighted by Crippen LogP contribution is -2.25. The van der Waals surface area contributed by atoms with Crippen molar-refractivity contribution in [3.63, 3.8) is 0 Å². The molecule has 3 heterocycles. The van der Waals surface area contributed by atoms with Crippen LogP contribution in [0.4, 0.5) is 11.5 Å². The van der Waals surface area contributed by atoms with E-state index in [1.165, 1.54) is 6.07 Å². The second-order valence-electron chi connectivity index (χ2n) is 6.96. The molecule has 1 amide bonds. The van der Waals surface area contributed by atoms with Crippen molar-refractivity contribution in [1.82, 2.24) is 19.7 Å². The Morgan fingerprint density at radius 3 is 2.72 bits per heavy atom. The monoisotopic (exact) mass is 388 g/mol. The predicted molar refractivity (Wildman–Crippen MR) is 106 cm³/mol. The molecule has 0 fully saturated rings. The summed E-state index contributed by atoms with van der Waals surface area (Å²) in [5.74, 6) is 0.274. The Labute approximate surface area is 164 Å². The van der Waals surface area contributed by atoms with E-state index in [1.54, 1.807) is 22.9 Å². The molecule has 1 aliphatic heterocycles. The van der Waals surface area contributed by atoms with Crippen molar-refractivity contribution >= 4 is 28.4 Å². The summed E-state index contributed by atoms with van der Waals surface area (Å²) in [6.45, 7) is 1.83. The van der Waals surface area contributed by atoms with Crippen LogP contribution < -0.4 is 5.32 Å². The Balaban J connectivity index is 1.70. The van der Waals surface area contributed by atoms with Crippen LogP contribution in [0.5, 0.6) is 0 Å². The number of rotatable bonds is 3. The Morgan fingerprint density at radius 1 is 1.17 bits per heavy atom. The molecule has 144 valence electrons. The van der Waals surface area contributed by atoms with Gasteiger partial charge in [0.05, 0.1) is 21.7 Å². The summed E-state index contributed by atoms with van der Waals surface area (Å²) in [6.07, 6.45) is 0.116. The van der Waals surface area contributed by atoms with Gasteiger partial charge in [-0.1, -0.05) is 30.3 Å². The van der Waals surface area contributed by atoms with Crippen LogP contribution in [0.15, 0.2) is 48.5 Å². The number of nitro groups is 1. The molecule has 0 aliphatic carbocycles. The standard InChI is InChI=1S/C20H16N6O3/c1-11-18-13(12-6-2-5-9-16(12)26(28)29)10-17(27)23-19(18)25(24-11)20-21-14-7-3-4-8-15(14)22-20/h2-9,13H,10H2,1H3,(H,21,22)(H,23,27)/t13-/m1/s1. The number of nitrogens with zero attached hydrogens (tertiary/aromatic N) is 4. The van der Waals surface area contributed by atoms with Crippen molar-refractivity contribution in [3.05, 3.63) is 75.5 Å². The third kappa shape index (κ3) is 2.66. The highest BCUT2D eigenvalue weighted by Gasteiger charge is 2.36. The Morgan fingerprint density at radius 2 is 1.93 bits per heavy atom. The molecule has 0 unspecified atom stereocenters. The number of benzene rings is 2. The number of para-hydroxylation sites is 3. The number of nitro benzene ring substituents is 1. The first-order valence-electron chi connectivity index (χ1n) is 9.10. The number of carbonyl (C=O) groups excluding carboxylic acids is 1. The van der Waals surface area contributed by atoms with Crippen LogP contribution >= 0.6 is 0 Å². The van der Waals surface area contributed by atoms with Crippen LogP contribution in [0.2, 0.25) is 0 Å². The van der Waals surface area contributed by atoms with Crippen molar-refractivity contribution < 1.29 is 9.72 Å². The zero-order valence-electron chi connectivity index (χ0n) is 15.4. The van der Waals surface area contributed by atoms with E-state index in [2.05, 4.69) is 20.4 Å². The number of fused-ring (bicyclic) bond motifs is 2. The molecule has 1 atom stereocenters. The van der Waals surface area contributed by atoms with Crippen molar-refractivity contribution in [2.75, 3.05) is 5.32 Å². The average Bonchev–Trinajstić information content (AvgIpc) is 3.28. The largest absolute Gasteiger partial charge is 0.322 e. The van der Waals surface area contributed by atoms with Crippen LogP contribution in [-0.4, -0.2) is 30.6 Å². The summed E-state index contributed by atoms with van der Waals surface area (Å²) in [4.78, 5) is 31.4. The number of aromatic nitrogens is 4. The predicted octanol–water partition coefficient (Wildman–Crippen LogP) is 3.44. The molecule has 9 nitrogen and oxygen atoms in total. The Bertz CT molecular complexity index is 1260. The minimum absolute atomic E-state index is 0.00552. The van der Waals surface area contributed by atoms with Crippen LogP contribution in [0.3, 0.4) is 0 Å². The van der Waals surface area contributed by atoms with Crippen molar-refractivity contribution in [1.29, 1.82) is 0 Å². The first kappa shape index (κ1) is 17.1. The van der Waals surface area contributed by atoms with E-state index in [4.69, 9.17) is 0 Å². The molecule has 2 aromatic heterocycles. The smallest absolute Gasteiger partial charge is 0.273 e. The number of nitrogens with one attached hydrogen (secondary N) is 2. The van der Waals surface area contributed by atoms with Crippen LogP contribution in [0, 0.1) is 17.0 Å². The van der Waals surface area contributed by atoms with Crippen LogP contribution in [-0.2, 0) is 4.79 Å². The van der Waals surface area contributed by atoms with E-state index >= 15 is 0 Å². The van der Waals surface area contributed by atoms with Gasteiger partial charge in [0.1, 0.15) is 5.82 Å². The van der Waals surface area contributed by atoms with Gasteiger partial charge in [-0.25, -0.2) is 4.98 Å². The third-order valence-electron chi connectivity index (χ3n) is 5.19. The minimum atomic E-state index is -0.460. The van der Waals surface area contributed by atoms with E-state index in [9.17, 15) is 14.9 Å². The molecular weight excluding hydrogens is 372 g/mol. The third-order valence-corrected chi connectivity index (χ3v) is 5.19. The summed E-state index contributed by atoms with van der Waals surface area (Å²) in [5.41, 5.74) is 3.57. The van der Waals surface area contributed by atoms with E-state index in [0.29, 0.717) is 23.0 Å². The lowest BCUT2D eigenvalue weighted by Gasteiger charge is -2.23. The summed E-state index contributed by atoms with van der Waals surface area (Å²) >= 11 is 0. The van der Waals surface area contributed by atoms with Gasteiger partial charge in [-0.05, 0) is 19.1 Å². The number of hydrogen-bond acceptors (Lipinski definition) is 5.